The number of hydrogen-bond donors (Lipinski definition) is 0. The van der Waals surface area contributed by atoms with E-state index in [1.54, 1.807) is 14.2 Å². The van der Waals surface area contributed by atoms with Crippen molar-refractivity contribution in [1.29, 1.82) is 0 Å². The fourth-order valence-corrected chi connectivity index (χ4v) is 2.10. The first-order chi connectivity index (χ1) is 8.63. The van der Waals surface area contributed by atoms with Gasteiger partial charge in [-0.15, -0.1) is 0 Å². The summed E-state index contributed by atoms with van der Waals surface area (Å²) in [4.78, 5) is 12.2. The van der Waals surface area contributed by atoms with Crippen LogP contribution in [0.5, 0.6) is 11.5 Å². The van der Waals surface area contributed by atoms with Gasteiger partial charge in [0.05, 0.1) is 14.2 Å². The summed E-state index contributed by atoms with van der Waals surface area (Å²) in [6.07, 6.45) is 3.28. The van der Waals surface area contributed by atoms with Crippen LogP contribution in [0.1, 0.15) is 35.2 Å². The van der Waals surface area contributed by atoms with Gasteiger partial charge in [0.15, 0.2) is 5.78 Å². The average Bonchev–Trinajstić information content (AvgIpc) is 2.37. The number of ketones is 1. The van der Waals surface area contributed by atoms with Gasteiger partial charge in [-0.1, -0.05) is 6.42 Å². The van der Waals surface area contributed by atoms with Gasteiger partial charge in [-0.2, -0.15) is 6.16 Å². The van der Waals surface area contributed by atoms with Gasteiger partial charge in [-0.25, -0.2) is 0 Å². The normalized spacial score (nSPS) is 10.2. The van der Waals surface area contributed by atoms with Crippen molar-refractivity contribution >= 4 is 15.0 Å². The van der Waals surface area contributed by atoms with Crippen molar-refractivity contribution in [1.82, 2.24) is 0 Å². The zero-order valence-electron chi connectivity index (χ0n) is 11.2. The van der Waals surface area contributed by atoms with Crippen molar-refractivity contribution in [2.75, 3.05) is 20.4 Å². The molecule has 3 nitrogen and oxygen atoms in total. The lowest BCUT2D eigenvalue weighted by molar-refractivity contribution is 0.0974. The highest BCUT2D eigenvalue weighted by molar-refractivity contribution is 7.16. The van der Waals surface area contributed by atoms with E-state index in [1.165, 1.54) is 0 Å². The summed E-state index contributed by atoms with van der Waals surface area (Å²) >= 11 is 0. The van der Waals surface area contributed by atoms with Crippen molar-refractivity contribution in [3.05, 3.63) is 23.3 Å². The molecular formula is C14H20O3P-. The highest BCUT2D eigenvalue weighted by atomic mass is 31.0. The topological polar surface area (TPSA) is 35.5 Å². The quantitative estimate of drug-likeness (QED) is 0.431. The number of benzene rings is 1. The van der Waals surface area contributed by atoms with Crippen LogP contribution in [0.15, 0.2) is 12.1 Å². The van der Waals surface area contributed by atoms with E-state index in [1.807, 2.05) is 19.1 Å². The van der Waals surface area contributed by atoms with Crippen LogP contribution in [0.3, 0.4) is 0 Å². The summed E-state index contributed by atoms with van der Waals surface area (Å²) in [6, 6.07) is 3.72. The maximum absolute atomic E-state index is 12.2. The fraction of sp³-hybridized carbons (Fsp3) is 0.500. The molecule has 0 atom stereocenters. The molecule has 0 aliphatic heterocycles. The number of methoxy groups -OCH3 is 2. The van der Waals surface area contributed by atoms with E-state index in [-0.39, 0.29) is 5.78 Å². The average molecular weight is 267 g/mol. The van der Waals surface area contributed by atoms with Crippen LogP contribution < -0.4 is 9.47 Å². The van der Waals surface area contributed by atoms with Crippen LogP contribution in [0, 0.1) is 6.92 Å². The molecular weight excluding hydrogens is 247 g/mol. The second-order valence-electron chi connectivity index (χ2n) is 4.17. The molecule has 1 aromatic carbocycles. The van der Waals surface area contributed by atoms with Gasteiger partial charge in [0.1, 0.15) is 17.1 Å². The monoisotopic (exact) mass is 267 g/mol. The molecule has 0 unspecified atom stereocenters. The molecule has 0 aliphatic carbocycles. The molecule has 0 aromatic heterocycles. The maximum atomic E-state index is 12.2. The molecule has 0 heterocycles. The standard InChI is InChI=1S/C14H20O3P/c1-10-8-12(16-2)14(13(9-10)17-3)11(15)6-4-5-7-18/h8-9,18H,4-7H2,1-3H3/q-1. The smallest absolute Gasteiger partial charge is 0.170 e. The van der Waals surface area contributed by atoms with Crippen molar-refractivity contribution in [3.63, 3.8) is 0 Å². The first-order valence-electron chi connectivity index (χ1n) is 6.04. The number of carbonyl (C=O) groups excluding carboxylic acids is 1. The number of ether oxygens (including phenoxy) is 2. The summed E-state index contributed by atoms with van der Waals surface area (Å²) in [5, 5.41) is 0. The van der Waals surface area contributed by atoms with Gasteiger partial charge in [0.25, 0.3) is 0 Å². The number of aryl methyl sites for hydroxylation is 1. The molecule has 0 saturated carbocycles. The molecule has 0 radical (unpaired) electrons. The molecule has 0 bridgehead atoms. The third kappa shape index (κ3) is 3.71. The molecule has 0 saturated heterocycles. The van der Waals surface area contributed by atoms with Crippen molar-refractivity contribution in [2.45, 2.75) is 26.2 Å². The van der Waals surface area contributed by atoms with Crippen LogP contribution >= 0.6 is 9.24 Å². The fourth-order valence-electron chi connectivity index (χ4n) is 1.85. The lowest BCUT2D eigenvalue weighted by Crippen LogP contribution is -2.06. The highest BCUT2D eigenvalue weighted by Crippen LogP contribution is 2.31. The Labute approximate surface area is 111 Å². The Morgan fingerprint density at radius 1 is 1.17 bits per heavy atom. The first-order valence-corrected chi connectivity index (χ1v) is 6.75. The second-order valence-corrected chi connectivity index (χ2v) is 4.67. The molecule has 0 fully saturated rings. The van der Waals surface area contributed by atoms with E-state index in [4.69, 9.17) is 9.47 Å². The minimum atomic E-state index is 0.0730. The Morgan fingerprint density at radius 3 is 2.17 bits per heavy atom. The van der Waals surface area contributed by atoms with Crippen molar-refractivity contribution in [2.24, 2.45) is 0 Å². The van der Waals surface area contributed by atoms with E-state index in [0.29, 0.717) is 23.5 Å². The van der Waals surface area contributed by atoms with Gasteiger partial charge < -0.3 is 18.7 Å². The largest absolute Gasteiger partial charge is 0.558 e. The Morgan fingerprint density at radius 2 is 1.72 bits per heavy atom. The molecule has 1 rings (SSSR count). The SMILES string of the molecule is COc1cc(C)cc(OC)c1C(=O)CCCC[PH-]. The van der Waals surface area contributed by atoms with Crippen molar-refractivity contribution in [3.8, 4) is 11.5 Å². The summed E-state index contributed by atoms with van der Waals surface area (Å²) in [6.45, 7) is 1.95. The minimum Gasteiger partial charge on any atom is -0.558 e. The van der Waals surface area contributed by atoms with Crippen LogP contribution in [0.4, 0.5) is 0 Å². The molecule has 0 spiro atoms. The van der Waals surface area contributed by atoms with Crippen LogP contribution in [0.25, 0.3) is 0 Å². The third-order valence-electron chi connectivity index (χ3n) is 2.76. The van der Waals surface area contributed by atoms with Crippen LogP contribution in [-0.4, -0.2) is 26.2 Å². The molecule has 100 valence electrons. The molecule has 1 aromatic rings. The Balaban J connectivity index is 3.01. The Hall–Kier alpha value is -1.08. The third-order valence-corrected chi connectivity index (χ3v) is 3.11. The van der Waals surface area contributed by atoms with Gasteiger partial charge in [0, 0.05) is 6.42 Å². The maximum Gasteiger partial charge on any atom is 0.170 e. The van der Waals surface area contributed by atoms with E-state index >= 15 is 0 Å². The zero-order valence-corrected chi connectivity index (χ0v) is 12.2. The number of hydrogen-bond acceptors (Lipinski definition) is 3. The Bertz CT molecular complexity index is 390. The summed E-state index contributed by atoms with van der Waals surface area (Å²) in [5.41, 5.74) is 1.57. The van der Waals surface area contributed by atoms with E-state index in [2.05, 4.69) is 9.24 Å². The number of Topliss-reactive ketones (excluding diaryl/α,β-unsaturated/α-hetero) is 1. The van der Waals surface area contributed by atoms with Crippen molar-refractivity contribution < 1.29 is 14.3 Å². The van der Waals surface area contributed by atoms with E-state index in [9.17, 15) is 4.79 Å². The first kappa shape index (κ1) is 15.0. The van der Waals surface area contributed by atoms with Crippen LogP contribution in [-0.2, 0) is 0 Å². The zero-order chi connectivity index (χ0) is 13.5. The Kier molecular flexibility index (Phi) is 6.14. The van der Waals surface area contributed by atoms with Gasteiger partial charge in [-0.05, 0) is 31.0 Å². The molecule has 0 N–H and O–H groups in total. The minimum absolute atomic E-state index is 0.0730. The van der Waals surface area contributed by atoms with Gasteiger partial charge >= 0.3 is 0 Å². The lowest BCUT2D eigenvalue weighted by atomic mass is 10.0. The molecule has 4 heteroatoms. The number of rotatable bonds is 7. The highest BCUT2D eigenvalue weighted by Gasteiger charge is 2.18. The van der Waals surface area contributed by atoms with E-state index in [0.717, 1.165) is 24.6 Å². The predicted octanol–water partition coefficient (Wildman–Crippen LogP) is 3.51. The predicted molar refractivity (Wildman–Crippen MR) is 75.6 cm³/mol. The van der Waals surface area contributed by atoms with Gasteiger partial charge in [-0.3, -0.25) is 4.79 Å². The number of carbonyl (C=O) groups is 1. The second kappa shape index (κ2) is 7.38. The van der Waals surface area contributed by atoms with Gasteiger partial charge in [0.2, 0.25) is 0 Å². The number of unbranched alkanes of at least 4 members (excludes halogenated alkanes) is 1. The lowest BCUT2D eigenvalue weighted by Gasteiger charge is -2.13. The summed E-state index contributed by atoms with van der Waals surface area (Å²) in [7, 11) is 6.55. The molecule has 0 aliphatic rings. The van der Waals surface area contributed by atoms with Crippen LogP contribution in [0.2, 0.25) is 0 Å². The molecule has 18 heavy (non-hydrogen) atoms. The summed E-state index contributed by atoms with van der Waals surface area (Å²) < 4.78 is 10.6. The molecule has 0 amide bonds. The summed E-state index contributed by atoms with van der Waals surface area (Å²) in [5.74, 6) is 1.26. The van der Waals surface area contributed by atoms with E-state index < -0.39 is 0 Å².